The Balaban J connectivity index is 1.90. The van der Waals surface area contributed by atoms with Crippen molar-refractivity contribution in [1.82, 2.24) is 9.97 Å². The fourth-order valence-corrected chi connectivity index (χ4v) is 3.51. The van der Waals surface area contributed by atoms with Crippen LogP contribution in [0.1, 0.15) is 36.6 Å². The van der Waals surface area contributed by atoms with E-state index in [1.165, 1.54) is 29.8 Å². The number of rotatable bonds is 6. The fraction of sp³-hybridized carbons (Fsp3) is 0.273. The second-order valence-corrected chi connectivity index (χ2v) is 9.52. The lowest BCUT2D eigenvalue weighted by Gasteiger charge is -2.13. The highest BCUT2D eigenvalue weighted by molar-refractivity contribution is 7.90. The van der Waals surface area contributed by atoms with Crippen LogP contribution in [0.2, 0.25) is 0 Å². The zero-order chi connectivity index (χ0) is 22.8. The lowest BCUT2D eigenvalue weighted by atomic mass is 10.0. The highest BCUT2D eigenvalue weighted by Gasteiger charge is 2.33. The number of hydrogen-bond donors (Lipinski definition) is 1. The number of halogens is 3. The van der Waals surface area contributed by atoms with Crippen molar-refractivity contribution in [2.24, 2.45) is 0 Å². The van der Waals surface area contributed by atoms with E-state index in [1.54, 1.807) is 0 Å². The summed E-state index contributed by atoms with van der Waals surface area (Å²) < 4.78 is 63.3. The fourth-order valence-electron chi connectivity index (χ4n) is 2.88. The maximum atomic E-state index is 13.4. The molecule has 2 aromatic carbocycles. The first-order valence-electron chi connectivity index (χ1n) is 9.53. The molecule has 0 spiro atoms. The van der Waals surface area contributed by atoms with E-state index < -0.39 is 21.7 Å². The van der Waals surface area contributed by atoms with Crippen molar-refractivity contribution in [3.8, 4) is 11.4 Å². The van der Waals surface area contributed by atoms with Gasteiger partial charge in [0.15, 0.2) is 21.4 Å². The first-order chi connectivity index (χ1) is 14.4. The van der Waals surface area contributed by atoms with Gasteiger partial charge in [0.1, 0.15) is 5.82 Å². The van der Waals surface area contributed by atoms with Gasteiger partial charge in [-0.1, -0.05) is 38.1 Å². The van der Waals surface area contributed by atoms with Crippen molar-refractivity contribution in [2.75, 3.05) is 11.6 Å². The maximum absolute atomic E-state index is 13.4. The minimum atomic E-state index is -4.65. The summed E-state index contributed by atoms with van der Waals surface area (Å²) in [6.45, 7) is 4.45. The molecule has 3 rings (SSSR count). The third-order valence-corrected chi connectivity index (χ3v) is 5.81. The van der Waals surface area contributed by atoms with Gasteiger partial charge in [-0.15, -0.1) is 0 Å². The first kappa shape index (κ1) is 22.7. The number of nitrogens with one attached hydrogen (secondary N) is 1. The van der Waals surface area contributed by atoms with E-state index in [4.69, 9.17) is 0 Å². The lowest BCUT2D eigenvalue weighted by molar-refractivity contribution is -0.141. The van der Waals surface area contributed by atoms with Crippen molar-refractivity contribution in [2.45, 2.75) is 37.4 Å². The van der Waals surface area contributed by atoms with Crippen LogP contribution >= 0.6 is 0 Å². The Bertz CT molecular complexity index is 1160. The van der Waals surface area contributed by atoms with Crippen LogP contribution in [0.3, 0.4) is 0 Å². The SMILES string of the molecule is CC(C)c1ccc(CNc2cc(C(F)(F)F)nc(-c3ccc(S(C)(=O)=O)cc3)n2)cc1. The molecule has 1 heterocycles. The highest BCUT2D eigenvalue weighted by atomic mass is 32.2. The molecule has 5 nitrogen and oxygen atoms in total. The second-order valence-electron chi connectivity index (χ2n) is 7.51. The Morgan fingerprint density at radius 2 is 1.58 bits per heavy atom. The number of aromatic nitrogens is 2. The molecule has 31 heavy (non-hydrogen) atoms. The Hall–Kier alpha value is -2.94. The van der Waals surface area contributed by atoms with Gasteiger partial charge >= 0.3 is 6.18 Å². The van der Waals surface area contributed by atoms with Crippen molar-refractivity contribution in [3.63, 3.8) is 0 Å². The molecular formula is C22H22F3N3O2S. The van der Waals surface area contributed by atoms with Crippen LogP contribution in [0.25, 0.3) is 11.4 Å². The molecule has 0 unspecified atom stereocenters. The van der Waals surface area contributed by atoms with Gasteiger partial charge in [-0.05, 0) is 41.3 Å². The minimum absolute atomic E-state index is 0.0254. The van der Waals surface area contributed by atoms with Crippen LogP contribution in [0.5, 0.6) is 0 Å². The van der Waals surface area contributed by atoms with Crippen LogP contribution in [0, 0.1) is 0 Å². The van der Waals surface area contributed by atoms with E-state index in [0.29, 0.717) is 12.5 Å². The largest absolute Gasteiger partial charge is 0.433 e. The highest BCUT2D eigenvalue weighted by Crippen LogP contribution is 2.31. The van der Waals surface area contributed by atoms with Gasteiger partial charge in [-0.2, -0.15) is 13.2 Å². The maximum Gasteiger partial charge on any atom is 0.433 e. The summed E-state index contributed by atoms with van der Waals surface area (Å²) in [6, 6.07) is 14.1. The molecule has 0 aliphatic heterocycles. The van der Waals surface area contributed by atoms with Crippen LogP contribution in [0.15, 0.2) is 59.5 Å². The summed E-state index contributed by atoms with van der Waals surface area (Å²) in [5.74, 6) is 0.264. The molecule has 0 amide bonds. The summed E-state index contributed by atoms with van der Waals surface area (Å²) in [7, 11) is -3.42. The Labute approximate surface area is 179 Å². The van der Waals surface area contributed by atoms with E-state index in [-0.39, 0.29) is 22.1 Å². The van der Waals surface area contributed by atoms with Gasteiger partial charge in [0.2, 0.25) is 0 Å². The molecule has 0 fully saturated rings. The van der Waals surface area contributed by atoms with Gasteiger partial charge < -0.3 is 5.32 Å². The number of alkyl halides is 3. The van der Waals surface area contributed by atoms with E-state index >= 15 is 0 Å². The Kier molecular flexibility index (Phi) is 6.35. The molecule has 0 aliphatic carbocycles. The van der Waals surface area contributed by atoms with E-state index in [1.807, 2.05) is 24.3 Å². The predicted octanol–water partition coefficient (Wildman–Crippen LogP) is 5.30. The van der Waals surface area contributed by atoms with Crippen LogP contribution in [-0.2, 0) is 22.6 Å². The van der Waals surface area contributed by atoms with Crippen LogP contribution in [-0.4, -0.2) is 24.6 Å². The standard InChI is InChI=1S/C22H22F3N3O2S/c1-14(2)16-6-4-15(5-7-16)13-26-20-12-19(22(23,24)25)27-21(28-20)17-8-10-18(11-9-17)31(3,29)30/h4-12,14H,13H2,1-3H3,(H,26,27,28). The normalized spacial score (nSPS) is 12.2. The molecule has 0 atom stereocenters. The number of sulfone groups is 1. The quantitative estimate of drug-likeness (QED) is 0.553. The number of nitrogens with zero attached hydrogens (tertiary/aromatic N) is 2. The van der Waals surface area contributed by atoms with Gasteiger partial charge in [0, 0.05) is 24.4 Å². The van der Waals surface area contributed by atoms with Crippen molar-refractivity contribution in [1.29, 1.82) is 0 Å². The number of benzene rings is 2. The summed E-state index contributed by atoms with van der Waals surface area (Å²) in [5.41, 5.74) is 1.27. The molecule has 0 bridgehead atoms. The molecule has 1 N–H and O–H groups in total. The minimum Gasteiger partial charge on any atom is -0.366 e. The van der Waals surface area contributed by atoms with Crippen LogP contribution < -0.4 is 5.32 Å². The molecule has 164 valence electrons. The number of hydrogen-bond acceptors (Lipinski definition) is 5. The molecule has 3 aromatic rings. The average molecular weight is 449 g/mol. The van der Waals surface area contributed by atoms with Gasteiger partial charge in [-0.25, -0.2) is 18.4 Å². The van der Waals surface area contributed by atoms with E-state index in [0.717, 1.165) is 17.9 Å². The molecule has 9 heteroatoms. The molecule has 0 saturated carbocycles. The van der Waals surface area contributed by atoms with Gasteiger partial charge in [-0.3, -0.25) is 0 Å². The predicted molar refractivity (Wildman–Crippen MR) is 113 cm³/mol. The van der Waals surface area contributed by atoms with Crippen molar-refractivity contribution >= 4 is 15.7 Å². The summed E-state index contributed by atoms with van der Waals surface area (Å²) in [6.07, 6.45) is -3.60. The Morgan fingerprint density at radius 1 is 0.968 bits per heavy atom. The first-order valence-corrected chi connectivity index (χ1v) is 11.4. The van der Waals surface area contributed by atoms with Crippen molar-refractivity contribution in [3.05, 3.63) is 71.4 Å². The molecule has 1 aromatic heterocycles. The summed E-state index contributed by atoms with van der Waals surface area (Å²) >= 11 is 0. The van der Waals surface area contributed by atoms with Crippen molar-refractivity contribution < 1.29 is 21.6 Å². The topological polar surface area (TPSA) is 72.0 Å². The smallest absolute Gasteiger partial charge is 0.366 e. The lowest BCUT2D eigenvalue weighted by Crippen LogP contribution is -2.12. The zero-order valence-corrected chi connectivity index (χ0v) is 18.1. The zero-order valence-electron chi connectivity index (χ0n) is 17.2. The molecule has 0 radical (unpaired) electrons. The Morgan fingerprint density at radius 3 is 2.10 bits per heavy atom. The molecular weight excluding hydrogens is 427 g/mol. The van der Waals surface area contributed by atoms with E-state index in [9.17, 15) is 21.6 Å². The van der Waals surface area contributed by atoms with E-state index in [2.05, 4.69) is 29.1 Å². The third-order valence-electron chi connectivity index (χ3n) is 4.68. The molecule has 0 aliphatic rings. The third kappa shape index (κ3) is 5.81. The summed E-state index contributed by atoms with van der Waals surface area (Å²) in [5, 5.41) is 2.92. The summed E-state index contributed by atoms with van der Waals surface area (Å²) in [4.78, 5) is 7.89. The number of anilines is 1. The van der Waals surface area contributed by atoms with Crippen LogP contribution in [0.4, 0.5) is 19.0 Å². The average Bonchev–Trinajstić information content (AvgIpc) is 2.71. The van der Waals surface area contributed by atoms with Gasteiger partial charge in [0.25, 0.3) is 0 Å². The molecule has 0 saturated heterocycles. The second kappa shape index (κ2) is 8.66. The van der Waals surface area contributed by atoms with Gasteiger partial charge in [0.05, 0.1) is 4.90 Å². The monoisotopic (exact) mass is 449 g/mol.